The molecule has 1 aromatic carbocycles. The number of nitrogens with zero attached hydrogens (tertiary/aromatic N) is 3. The van der Waals surface area contributed by atoms with Crippen LogP contribution in [0.15, 0.2) is 28.8 Å². The van der Waals surface area contributed by atoms with Crippen LogP contribution in [0.1, 0.15) is 43.6 Å². The molecule has 0 radical (unpaired) electrons. The number of carbonyl (C=O) groups excluding carboxylic acids is 1. The van der Waals surface area contributed by atoms with Gasteiger partial charge in [0, 0.05) is 20.0 Å². The molecule has 7 nitrogen and oxygen atoms in total. The number of phenolic OH excluding ortho intramolecular Hbond substituents is 1. The molecule has 0 aliphatic heterocycles. The quantitative estimate of drug-likeness (QED) is 0.848. The van der Waals surface area contributed by atoms with Gasteiger partial charge in [0.2, 0.25) is 5.89 Å². The van der Waals surface area contributed by atoms with Gasteiger partial charge in [-0.3, -0.25) is 0 Å². The summed E-state index contributed by atoms with van der Waals surface area (Å²) >= 11 is 0. The molecule has 2 atom stereocenters. The van der Waals surface area contributed by atoms with Crippen LogP contribution in [0.25, 0.3) is 0 Å². The molecule has 1 heterocycles. The van der Waals surface area contributed by atoms with Gasteiger partial charge in [-0.25, -0.2) is 4.79 Å². The zero-order valence-corrected chi connectivity index (χ0v) is 14.5. The van der Waals surface area contributed by atoms with Gasteiger partial charge in [0.1, 0.15) is 5.75 Å². The van der Waals surface area contributed by atoms with Gasteiger partial charge in [-0.2, -0.15) is 4.98 Å². The Morgan fingerprint density at radius 3 is 2.58 bits per heavy atom. The average molecular weight is 332 g/mol. The summed E-state index contributed by atoms with van der Waals surface area (Å²) in [6.07, 6.45) is 1.37. The van der Waals surface area contributed by atoms with E-state index in [1.807, 2.05) is 26.0 Å². The summed E-state index contributed by atoms with van der Waals surface area (Å²) in [6.45, 7) is 5.65. The highest BCUT2D eigenvalue weighted by atomic mass is 16.5. The van der Waals surface area contributed by atoms with Gasteiger partial charge in [0.25, 0.3) is 0 Å². The van der Waals surface area contributed by atoms with Crippen molar-refractivity contribution in [3.05, 3.63) is 41.5 Å². The third-order valence-electron chi connectivity index (χ3n) is 4.01. The first-order valence-corrected chi connectivity index (χ1v) is 8.02. The van der Waals surface area contributed by atoms with Crippen LogP contribution in [0.4, 0.5) is 4.79 Å². The lowest BCUT2D eigenvalue weighted by Crippen LogP contribution is -2.44. The number of aryl methyl sites for hydroxylation is 1. The summed E-state index contributed by atoms with van der Waals surface area (Å²) in [5.74, 6) is 1.20. The highest BCUT2D eigenvalue weighted by Gasteiger charge is 2.22. The predicted octanol–water partition coefficient (Wildman–Crippen LogP) is 2.81. The highest BCUT2D eigenvalue weighted by Crippen LogP contribution is 2.16. The van der Waals surface area contributed by atoms with E-state index in [0.717, 1.165) is 5.56 Å². The van der Waals surface area contributed by atoms with Crippen LogP contribution >= 0.6 is 0 Å². The minimum atomic E-state index is -0.279. The number of aromatic hydroxyl groups is 1. The second kappa shape index (κ2) is 7.81. The molecule has 2 aromatic rings. The van der Waals surface area contributed by atoms with Gasteiger partial charge in [0.15, 0.2) is 5.82 Å². The second-order valence-corrected chi connectivity index (χ2v) is 5.91. The fourth-order valence-electron chi connectivity index (χ4n) is 2.37. The molecule has 0 aliphatic carbocycles. The summed E-state index contributed by atoms with van der Waals surface area (Å²) in [5, 5.41) is 16.1. The molecular formula is C17H24N4O3. The van der Waals surface area contributed by atoms with Crippen LogP contribution in [-0.2, 0) is 6.42 Å². The van der Waals surface area contributed by atoms with Gasteiger partial charge < -0.3 is 19.8 Å². The first-order valence-electron chi connectivity index (χ1n) is 8.02. The third kappa shape index (κ3) is 4.47. The number of carbonyl (C=O) groups is 1. The van der Waals surface area contributed by atoms with Crippen molar-refractivity contribution in [1.82, 2.24) is 20.4 Å². The van der Waals surface area contributed by atoms with Crippen molar-refractivity contribution in [3.8, 4) is 5.75 Å². The molecule has 0 saturated heterocycles. The van der Waals surface area contributed by atoms with Crippen molar-refractivity contribution in [1.29, 1.82) is 0 Å². The van der Waals surface area contributed by atoms with Gasteiger partial charge in [-0.15, -0.1) is 0 Å². The van der Waals surface area contributed by atoms with Crippen LogP contribution in [0.5, 0.6) is 5.75 Å². The smallest absolute Gasteiger partial charge is 0.317 e. The molecule has 0 bridgehead atoms. The molecular weight excluding hydrogens is 308 g/mol. The van der Waals surface area contributed by atoms with Crippen LogP contribution in [0.3, 0.4) is 0 Å². The molecule has 0 fully saturated rings. The van der Waals surface area contributed by atoms with Crippen LogP contribution in [-0.4, -0.2) is 39.3 Å². The monoisotopic (exact) mass is 332 g/mol. The highest BCUT2D eigenvalue weighted by molar-refractivity contribution is 5.74. The van der Waals surface area contributed by atoms with Crippen molar-refractivity contribution in [3.63, 3.8) is 0 Å². The number of nitrogens with one attached hydrogen (secondary N) is 1. The molecule has 7 heteroatoms. The van der Waals surface area contributed by atoms with Crippen molar-refractivity contribution in [2.24, 2.45) is 0 Å². The summed E-state index contributed by atoms with van der Waals surface area (Å²) < 4.78 is 4.98. The summed E-state index contributed by atoms with van der Waals surface area (Å²) in [7, 11) is 1.76. The molecule has 130 valence electrons. The topological polar surface area (TPSA) is 91.5 Å². The zero-order valence-electron chi connectivity index (χ0n) is 14.5. The number of rotatable bonds is 6. The van der Waals surface area contributed by atoms with E-state index in [9.17, 15) is 9.90 Å². The lowest BCUT2D eigenvalue weighted by molar-refractivity contribution is 0.188. The maximum Gasteiger partial charge on any atom is 0.317 e. The van der Waals surface area contributed by atoms with E-state index in [4.69, 9.17) is 4.52 Å². The first-order chi connectivity index (χ1) is 11.4. The van der Waals surface area contributed by atoms with Gasteiger partial charge >= 0.3 is 6.03 Å². The molecule has 2 rings (SSSR count). The number of likely N-dealkylation sites (N-methyl/N-ethyl adjacent to an activating group) is 1. The van der Waals surface area contributed by atoms with E-state index >= 15 is 0 Å². The zero-order chi connectivity index (χ0) is 17.7. The van der Waals surface area contributed by atoms with Crippen molar-refractivity contribution >= 4 is 6.03 Å². The van der Waals surface area contributed by atoms with Crippen molar-refractivity contribution in [2.45, 2.75) is 45.7 Å². The van der Waals surface area contributed by atoms with Crippen molar-refractivity contribution < 1.29 is 14.4 Å². The maximum absolute atomic E-state index is 12.5. The Labute approximate surface area is 141 Å². The Balaban J connectivity index is 1.95. The Hall–Kier alpha value is -2.57. The lowest BCUT2D eigenvalue weighted by atomic mass is 10.1. The summed E-state index contributed by atoms with van der Waals surface area (Å²) in [4.78, 5) is 18.3. The Bertz CT molecular complexity index is 669. The lowest BCUT2D eigenvalue weighted by Gasteiger charge is -2.27. The Morgan fingerprint density at radius 1 is 1.38 bits per heavy atom. The van der Waals surface area contributed by atoms with Gasteiger partial charge in [-0.05, 0) is 37.5 Å². The average Bonchev–Trinajstić information content (AvgIpc) is 3.00. The van der Waals surface area contributed by atoms with E-state index < -0.39 is 0 Å². The molecule has 0 unspecified atom stereocenters. The van der Waals surface area contributed by atoms with Crippen LogP contribution in [0, 0.1) is 6.92 Å². The predicted molar refractivity (Wildman–Crippen MR) is 89.6 cm³/mol. The summed E-state index contributed by atoms with van der Waals surface area (Å²) in [5.41, 5.74) is 1.06. The van der Waals surface area contributed by atoms with E-state index in [0.29, 0.717) is 24.6 Å². The van der Waals surface area contributed by atoms with Crippen LogP contribution in [0.2, 0.25) is 0 Å². The molecule has 0 aliphatic rings. The largest absolute Gasteiger partial charge is 0.508 e. The number of phenols is 1. The molecule has 1 aromatic heterocycles. The minimum Gasteiger partial charge on any atom is -0.508 e. The Kier molecular flexibility index (Phi) is 5.78. The van der Waals surface area contributed by atoms with E-state index in [-0.39, 0.29) is 23.9 Å². The molecule has 0 spiro atoms. The summed E-state index contributed by atoms with van der Waals surface area (Å²) in [6, 6.07) is 6.54. The third-order valence-corrected chi connectivity index (χ3v) is 4.01. The minimum absolute atomic E-state index is 0.000877. The van der Waals surface area contributed by atoms with Crippen LogP contribution < -0.4 is 5.32 Å². The molecule has 2 amide bonds. The first kappa shape index (κ1) is 17.8. The van der Waals surface area contributed by atoms with Gasteiger partial charge in [0.05, 0.1) is 6.04 Å². The molecule has 2 N–H and O–H groups in total. The van der Waals surface area contributed by atoms with E-state index in [1.165, 1.54) is 0 Å². The second-order valence-electron chi connectivity index (χ2n) is 5.91. The van der Waals surface area contributed by atoms with E-state index in [2.05, 4.69) is 15.5 Å². The number of urea groups is 1. The SMILES string of the molecule is CC[C@@H](NC(=O)N(C)[C@@H](C)Cc1ccc(O)cc1)c1noc(C)n1. The fraction of sp³-hybridized carbons (Fsp3) is 0.471. The number of hydrogen-bond donors (Lipinski definition) is 2. The van der Waals surface area contributed by atoms with E-state index in [1.54, 1.807) is 31.0 Å². The number of aromatic nitrogens is 2. The molecule has 24 heavy (non-hydrogen) atoms. The van der Waals surface area contributed by atoms with Crippen molar-refractivity contribution in [2.75, 3.05) is 7.05 Å². The fourth-order valence-corrected chi connectivity index (χ4v) is 2.37. The molecule has 0 saturated carbocycles. The standard InChI is InChI=1S/C17H24N4O3/c1-5-15(16-18-12(3)24-20-16)19-17(23)21(4)11(2)10-13-6-8-14(22)9-7-13/h6-9,11,15,22H,5,10H2,1-4H3,(H,19,23)/t11-,15+/m0/s1. The van der Waals surface area contributed by atoms with Gasteiger partial charge in [-0.1, -0.05) is 24.2 Å². The number of benzene rings is 1. The number of amides is 2. The normalized spacial score (nSPS) is 13.3. The Morgan fingerprint density at radius 2 is 2.04 bits per heavy atom. The number of hydrogen-bond acceptors (Lipinski definition) is 5. The maximum atomic E-state index is 12.5.